The Kier molecular flexibility index (Phi) is 2.56. The van der Waals surface area contributed by atoms with E-state index in [2.05, 4.69) is 15.1 Å². The third-order valence-corrected chi connectivity index (χ3v) is 2.72. The van der Waals surface area contributed by atoms with E-state index in [1.807, 2.05) is 37.3 Å². The summed E-state index contributed by atoms with van der Waals surface area (Å²) in [4.78, 5) is 8.64. The third-order valence-electron chi connectivity index (χ3n) is 2.72. The molecule has 0 unspecified atom stereocenters. The maximum Gasteiger partial charge on any atom is 0.264 e. The van der Waals surface area contributed by atoms with E-state index in [0.29, 0.717) is 11.8 Å². The number of nitrogens with two attached hydrogens (primary N) is 1. The predicted molar refractivity (Wildman–Crippen MR) is 72.0 cm³/mol. The Balaban J connectivity index is 2.05. The molecule has 0 atom stereocenters. The molecule has 0 amide bonds. The second-order valence-electron chi connectivity index (χ2n) is 4.25. The molecule has 0 aliphatic heterocycles. The van der Waals surface area contributed by atoms with E-state index in [4.69, 9.17) is 10.5 Å². The Hall–Kier alpha value is -2.63. The van der Waals surface area contributed by atoms with Gasteiger partial charge >= 0.3 is 0 Å². The fourth-order valence-electron chi connectivity index (χ4n) is 1.85. The Morgan fingerprint density at radius 2 is 1.84 bits per heavy atom. The second kappa shape index (κ2) is 4.24. The minimum absolute atomic E-state index is 0.262. The molecule has 2 N–H and O–H groups in total. The molecule has 3 aromatic rings. The van der Waals surface area contributed by atoms with Crippen LogP contribution in [0, 0.1) is 6.92 Å². The van der Waals surface area contributed by atoms with Gasteiger partial charge in [-0.25, -0.2) is 14.6 Å². The van der Waals surface area contributed by atoms with Crippen LogP contribution >= 0.6 is 0 Å². The first kappa shape index (κ1) is 11.5. The number of hydrogen-bond donors (Lipinski definition) is 1. The Morgan fingerprint density at radius 3 is 2.47 bits per heavy atom. The molecule has 0 spiro atoms. The average molecular weight is 255 g/mol. The molecule has 19 heavy (non-hydrogen) atoms. The molecular formula is C13H13N5O. The number of para-hydroxylation sites is 2. The highest BCUT2D eigenvalue weighted by atomic mass is 16.5. The normalized spacial score (nSPS) is 10.8. The van der Waals surface area contributed by atoms with E-state index in [1.165, 1.54) is 0 Å². The Bertz CT molecular complexity index is 750. The molecule has 0 radical (unpaired) electrons. The summed E-state index contributed by atoms with van der Waals surface area (Å²) in [5, 5.41) is 4.20. The number of rotatable bonds is 2. The molecular weight excluding hydrogens is 242 g/mol. The van der Waals surface area contributed by atoms with Crippen molar-refractivity contribution in [1.82, 2.24) is 19.7 Å². The molecule has 0 saturated carbocycles. The summed E-state index contributed by atoms with van der Waals surface area (Å²) < 4.78 is 7.30. The van der Waals surface area contributed by atoms with E-state index < -0.39 is 0 Å². The fourth-order valence-corrected chi connectivity index (χ4v) is 1.85. The van der Waals surface area contributed by atoms with Crippen LogP contribution in [0.5, 0.6) is 11.8 Å². The zero-order valence-corrected chi connectivity index (χ0v) is 10.7. The topological polar surface area (TPSA) is 78.9 Å². The predicted octanol–water partition coefficient (Wildman–Crippen LogP) is 2.05. The van der Waals surface area contributed by atoms with Crippen LogP contribution in [0.1, 0.15) is 5.69 Å². The van der Waals surface area contributed by atoms with Crippen molar-refractivity contribution in [3.05, 3.63) is 36.0 Å². The summed E-state index contributed by atoms with van der Waals surface area (Å²) in [6, 6.07) is 9.32. The number of nitrogen functional groups attached to an aromatic ring is 1. The lowest BCUT2D eigenvalue weighted by Crippen LogP contribution is -2.01. The number of nitrogens with zero attached hydrogens (tertiary/aromatic N) is 4. The molecule has 0 aliphatic rings. The molecule has 0 fully saturated rings. The van der Waals surface area contributed by atoms with Crippen molar-refractivity contribution in [2.75, 3.05) is 5.73 Å². The van der Waals surface area contributed by atoms with Gasteiger partial charge in [0.2, 0.25) is 5.88 Å². The van der Waals surface area contributed by atoms with Crippen LogP contribution in [-0.2, 0) is 7.05 Å². The van der Waals surface area contributed by atoms with Gasteiger partial charge in [0.25, 0.3) is 5.88 Å². The van der Waals surface area contributed by atoms with E-state index in [-0.39, 0.29) is 5.82 Å². The van der Waals surface area contributed by atoms with Crippen LogP contribution in [0.3, 0.4) is 0 Å². The van der Waals surface area contributed by atoms with Gasteiger partial charge in [-0.2, -0.15) is 5.10 Å². The van der Waals surface area contributed by atoms with Gasteiger partial charge in [0, 0.05) is 13.1 Å². The number of hydrogen-bond acceptors (Lipinski definition) is 5. The van der Waals surface area contributed by atoms with Crippen molar-refractivity contribution < 1.29 is 4.74 Å². The Morgan fingerprint density at radius 1 is 1.16 bits per heavy atom. The Labute approximate surface area is 109 Å². The molecule has 3 rings (SSSR count). The minimum Gasteiger partial charge on any atom is -0.417 e. The van der Waals surface area contributed by atoms with Crippen LogP contribution in [0.2, 0.25) is 0 Å². The fraction of sp³-hybridized carbons (Fsp3) is 0.154. The van der Waals surface area contributed by atoms with Gasteiger partial charge in [-0.1, -0.05) is 12.1 Å². The summed E-state index contributed by atoms with van der Waals surface area (Å²) in [5.74, 6) is 1.13. The lowest BCUT2D eigenvalue weighted by molar-refractivity contribution is 0.418. The highest BCUT2D eigenvalue weighted by Gasteiger charge is 2.11. The summed E-state index contributed by atoms with van der Waals surface area (Å²) in [6.45, 7) is 1.89. The van der Waals surface area contributed by atoms with Crippen LogP contribution in [0.4, 0.5) is 5.82 Å². The molecule has 0 aliphatic carbocycles. The molecule has 2 aromatic heterocycles. The van der Waals surface area contributed by atoms with Gasteiger partial charge < -0.3 is 10.5 Å². The first-order chi connectivity index (χ1) is 9.13. The number of aryl methyl sites for hydroxylation is 2. The van der Waals surface area contributed by atoms with E-state index in [1.54, 1.807) is 11.7 Å². The summed E-state index contributed by atoms with van der Waals surface area (Å²) in [7, 11) is 1.80. The summed E-state index contributed by atoms with van der Waals surface area (Å²) >= 11 is 0. The highest BCUT2D eigenvalue weighted by Crippen LogP contribution is 2.26. The quantitative estimate of drug-likeness (QED) is 0.758. The zero-order chi connectivity index (χ0) is 13.4. The summed E-state index contributed by atoms with van der Waals surface area (Å²) in [5.41, 5.74) is 8.21. The zero-order valence-electron chi connectivity index (χ0n) is 10.7. The SMILES string of the molecule is Cc1cc(Oc2nc3ccccc3nc2N)n(C)n1. The smallest absolute Gasteiger partial charge is 0.264 e. The van der Waals surface area contributed by atoms with Gasteiger partial charge in [0.1, 0.15) is 0 Å². The number of ether oxygens (including phenoxy) is 1. The molecule has 0 saturated heterocycles. The van der Waals surface area contributed by atoms with Crippen LogP contribution < -0.4 is 10.5 Å². The van der Waals surface area contributed by atoms with Gasteiger partial charge in [0.05, 0.1) is 16.7 Å². The summed E-state index contributed by atoms with van der Waals surface area (Å²) in [6.07, 6.45) is 0. The standard InChI is InChI=1S/C13H13N5O/c1-8-7-11(18(2)17-8)19-13-12(14)15-9-5-3-4-6-10(9)16-13/h3-7H,1-2H3,(H2,14,15). The minimum atomic E-state index is 0.262. The number of aromatic nitrogens is 4. The maximum atomic E-state index is 5.86. The van der Waals surface area contributed by atoms with Crippen molar-refractivity contribution in [3.63, 3.8) is 0 Å². The molecule has 96 valence electrons. The van der Waals surface area contributed by atoms with Crippen molar-refractivity contribution >= 4 is 16.9 Å². The largest absolute Gasteiger partial charge is 0.417 e. The molecule has 6 nitrogen and oxygen atoms in total. The highest BCUT2D eigenvalue weighted by molar-refractivity contribution is 5.76. The monoisotopic (exact) mass is 255 g/mol. The molecule has 6 heteroatoms. The number of benzene rings is 1. The molecule has 2 heterocycles. The van der Waals surface area contributed by atoms with Crippen molar-refractivity contribution in [3.8, 4) is 11.8 Å². The lowest BCUT2D eigenvalue weighted by Gasteiger charge is -2.07. The van der Waals surface area contributed by atoms with Crippen LogP contribution in [0.25, 0.3) is 11.0 Å². The third kappa shape index (κ3) is 2.08. The average Bonchev–Trinajstić information content (AvgIpc) is 2.69. The van der Waals surface area contributed by atoms with Gasteiger partial charge in [-0.15, -0.1) is 0 Å². The lowest BCUT2D eigenvalue weighted by atomic mass is 10.3. The van der Waals surface area contributed by atoms with Crippen LogP contribution in [0.15, 0.2) is 30.3 Å². The van der Waals surface area contributed by atoms with Gasteiger partial charge in [0.15, 0.2) is 5.82 Å². The van der Waals surface area contributed by atoms with Crippen LogP contribution in [-0.4, -0.2) is 19.7 Å². The van der Waals surface area contributed by atoms with E-state index >= 15 is 0 Å². The second-order valence-corrected chi connectivity index (χ2v) is 4.25. The van der Waals surface area contributed by atoms with Gasteiger partial charge in [-0.3, -0.25) is 0 Å². The van der Waals surface area contributed by atoms with Crippen molar-refractivity contribution in [2.45, 2.75) is 6.92 Å². The van der Waals surface area contributed by atoms with E-state index in [9.17, 15) is 0 Å². The maximum absolute atomic E-state index is 5.86. The van der Waals surface area contributed by atoms with Gasteiger partial charge in [-0.05, 0) is 19.1 Å². The first-order valence-corrected chi connectivity index (χ1v) is 5.84. The molecule has 0 bridgehead atoms. The number of anilines is 1. The first-order valence-electron chi connectivity index (χ1n) is 5.84. The molecule has 1 aromatic carbocycles. The van der Waals surface area contributed by atoms with Crippen molar-refractivity contribution in [2.24, 2.45) is 7.05 Å². The van der Waals surface area contributed by atoms with E-state index in [0.717, 1.165) is 16.7 Å². The van der Waals surface area contributed by atoms with Crippen molar-refractivity contribution in [1.29, 1.82) is 0 Å². The number of fused-ring (bicyclic) bond motifs is 1.